The second-order valence-corrected chi connectivity index (χ2v) is 4.57. The number of rotatable bonds is 3. The molecule has 0 radical (unpaired) electrons. The first-order chi connectivity index (χ1) is 10.6. The lowest BCUT2D eigenvalue weighted by molar-refractivity contribution is 0.0505. The first kappa shape index (κ1) is 13.8. The van der Waals surface area contributed by atoms with E-state index in [-0.39, 0.29) is 11.1 Å². The second kappa shape index (κ2) is 5.30. The Labute approximate surface area is 124 Å². The van der Waals surface area contributed by atoms with Gasteiger partial charge in [-0.25, -0.2) is 14.3 Å². The molecule has 0 aliphatic rings. The van der Waals surface area contributed by atoms with Crippen molar-refractivity contribution < 1.29 is 19.5 Å². The van der Waals surface area contributed by atoms with Gasteiger partial charge in [0.25, 0.3) is 0 Å². The van der Waals surface area contributed by atoms with Crippen LogP contribution in [0.4, 0.5) is 0 Å². The number of aromatic nitrogens is 2. The maximum Gasteiger partial charge on any atom is 0.358 e. The van der Waals surface area contributed by atoms with Crippen LogP contribution in [0.5, 0.6) is 0 Å². The van der Waals surface area contributed by atoms with Gasteiger partial charge in [-0.3, -0.25) is 0 Å². The number of carbonyl (C=O) groups is 2. The number of hydrogen-bond donors (Lipinski definition) is 2. The van der Waals surface area contributed by atoms with Crippen molar-refractivity contribution in [1.29, 1.82) is 0 Å². The number of nitrogens with two attached hydrogens (primary N) is 1. The molecule has 1 heterocycles. The lowest BCUT2D eigenvalue weighted by atomic mass is 10.1. The quantitative estimate of drug-likeness (QED) is 0.713. The van der Waals surface area contributed by atoms with Crippen LogP contribution in [0.2, 0.25) is 0 Å². The largest absolute Gasteiger partial charge is 0.478 e. The van der Waals surface area contributed by atoms with E-state index in [1.807, 2.05) is 0 Å². The summed E-state index contributed by atoms with van der Waals surface area (Å²) in [5.41, 5.74) is 1.59. The molecule has 0 aliphatic carbocycles. The molecule has 0 amide bonds. The van der Waals surface area contributed by atoms with Crippen molar-refractivity contribution in [3.63, 3.8) is 0 Å². The molecule has 3 rings (SSSR count). The molecule has 0 aliphatic heterocycles. The van der Waals surface area contributed by atoms with E-state index in [0.717, 1.165) is 5.39 Å². The van der Waals surface area contributed by atoms with Gasteiger partial charge in [-0.05, 0) is 30.3 Å². The van der Waals surface area contributed by atoms with E-state index in [0.29, 0.717) is 11.2 Å². The number of carbonyl (C=O) groups excluding carboxylic acids is 1. The highest BCUT2D eigenvalue weighted by Crippen LogP contribution is 2.20. The van der Waals surface area contributed by atoms with E-state index in [4.69, 9.17) is 11.0 Å². The second-order valence-electron chi connectivity index (χ2n) is 4.57. The van der Waals surface area contributed by atoms with Crippen LogP contribution in [0.25, 0.3) is 16.6 Å². The van der Waals surface area contributed by atoms with Crippen LogP contribution >= 0.6 is 0 Å². The number of carboxylic acids is 1. The summed E-state index contributed by atoms with van der Waals surface area (Å²) in [5, 5.41) is 14.0. The Morgan fingerprint density at radius 2 is 1.86 bits per heavy atom. The molecule has 22 heavy (non-hydrogen) atoms. The zero-order valence-electron chi connectivity index (χ0n) is 11.3. The van der Waals surface area contributed by atoms with Gasteiger partial charge in [-0.2, -0.15) is 11.0 Å². The zero-order chi connectivity index (χ0) is 15.7. The summed E-state index contributed by atoms with van der Waals surface area (Å²) >= 11 is 0. The van der Waals surface area contributed by atoms with E-state index < -0.39 is 11.9 Å². The Balaban J connectivity index is 2.08. The fourth-order valence-corrected chi connectivity index (χ4v) is 2.16. The van der Waals surface area contributed by atoms with Crippen molar-refractivity contribution in [1.82, 2.24) is 9.78 Å². The molecular weight excluding hydrogens is 286 g/mol. The van der Waals surface area contributed by atoms with Crippen LogP contribution in [-0.2, 0) is 4.84 Å². The van der Waals surface area contributed by atoms with Crippen LogP contribution < -0.4 is 5.90 Å². The van der Waals surface area contributed by atoms with Crippen molar-refractivity contribution in [3.05, 3.63) is 59.8 Å². The topological polar surface area (TPSA) is 107 Å². The van der Waals surface area contributed by atoms with Gasteiger partial charge in [0.1, 0.15) is 5.52 Å². The molecule has 0 saturated heterocycles. The highest BCUT2D eigenvalue weighted by Gasteiger charge is 2.14. The first-order valence-electron chi connectivity index (χ1n) is 6.33. The number of nitrogens with zero attached hydrogens (tertiary/aromatic N) is 2. The summed E-state index contributed by atoms with van der Waals surface area (Å²) in [7, 11) is 0. The highest BCUT2D eigenvalue weighted by molar-refractivity contribution is 6.02. The molecule has 0 bridgehead atoms. The van der Waals surface area contributed by atoms with Gasteiger partial charge < -0.3 is 9.94 Å². The summed E-state index contributed by atoms with van der Waals surface area (Å²) < 4.78 is 1.56. The Hall–Kier alpha value is -3.19. The minimum Gasteiger partial charge on any atom is -0.478 e. The van der Waals surface area contributed by atoms with E-state index in [1.165, 1.54) is 12.1 Å². The summed E-state index contributed by atoms with van der Waals surface area (Å²) in [5.74, 6) is 3.25. The molecule has 0 fully saturated rings. The van der Waals surface area contributed by atoms with Gasteiger partial charge >= 0.3 is 11.9 Å². The van der Waals surface area contributed by atoms with E-state index in [9.17, 15) is 9.59 Å². The normalized spacial score (nSPS) is 10.6. The number of carboxylic acid groups (broad SMARTS) is 1. The average molecular weight is 297 g/mol. The van der Waals surface area contributed by atoms with Crippen LogP contribution in [0.1, 0.15) is 20.7 Å². The van der Waals surface area contributed by atoms with E-state index >= 15 is 0 Å². The zero-order valence-corrected chi connectivity index (χ0v) is 11.3. The molecule has 3 N–H and O–H groups in total. The van der Waals surface area contributed by atoms with Crippen molar-refractivity contribution in [2.75, 3.05) is 0 Å². The molecule has 7 nitrogen and oxygen atoms in total. The third kappa shape index (κ3) is 2.29. The summed E-state index contributed by atoms with van der Waals surface area (Å²) in [6.45, 7) is 0. The number of fused-ring (bicyclic) bond motifs is 1. The minimum atomic E-state index is -0.995. The lowest BCUT2D eigenvalue weighted by Gasteiger charge is -2.01. The van der Waals surface area contributed by atoms with Crippen molar-refractivity contribution in [2.45, 2.75) is 0 Å². The van der Waals surface area contributed by atoms with Crippen molar-refractivity contribution in [3.8, 4) is 5.69 Å². The predicted molar refractivity (Wildman–Crippen MR) is 77.6 cm³/mol. The molecule has 110 valence electrons. The molecule has 7 heteroatoms. The van der Waals surface area contributed by atoms with Crippen molar-refractivity contribution in [2.24, 2.45) is 5.90 Å². The first-order valence-corrected chi connectivity index (χ1v) is 6.33. The maximum absolute atomic E-state index is 11.6. The van der Waals surface area contributed by atoms with Gasteiger partial charge in [-0.1, -0.05) is 12.1 Å². The Morgan fingerprint density at radius 3 is 2.50 bits per heavy atom. The molecule has 0 unspecified atom stereocenters. The van der Waals surface area contributed by atoms with Gasteiger partial charge in [0.15, 0.2) is 0 Å². The molecule has 0 atom stereocenters. The third-order valence-electron chi connectivity index (χ3n) is 3.24. The lowest BCUT2D eigenvalue weighted by Crippen LogP contribution is -2.10. The average Bonchev–Trinajstić information content (AvgIpc) is 2.98. The smallest absolute Gasteiger partial charge is 0.358 e. The predicted octanol–water partition coefficient (Wildman–Crippen LogP) is 1.75. The summed E-state index contributed by atoms with van der Waals surface area (Å²) in [6, 6.07) is 11.3. The molecule has 1 aromatic heterocycles. The van der Waals surface area contributed by atoms with Crippen LogP contribution in [0, 0.1) is 0 Å². The molecular formula is C15H11N3O4. The highest BCUT2D eigenvalue weighted by atomic mass is 16.7. The standard InChI is InChI=1S/C15H11N3O4/c16-22-15(21)12-3-1-2-10-8-18(17-13(10)12)11-6-4-9(5-7-11)14(19)20/h1-8H,16H2,(H,19,20). The number of benzene rings is 2. The Kier molecular flexibility index (Phi) is 3.32. The SMILES string of the molecule is NOC(=O)c1cccc2cn(-c3ccc(C(=O)O)cc3)nc12. The fraction of sp³-hybridized carbons (Fsp3) is 0. The maximum atomic E-state index is 11.6. The van der Waals surface area contributed by atoms with Crippen LogP contribution in [0.3, 0.4) is 0 Å². The minimum absolute atomic E-state index is 0.188. The molecule has 0 saturated carbocycles. The molecule has 0 spiro atoms. The van der Waals surface area contributed by atoms with E-state index in [1.54, 1.807) is 41.2 Å². The molecule has 3 aromatic rings. The number of aromatic carboxylic acids is 1. The van der Waals surface area contributed by atoms with Gasteiger partial charge in [0.05, 0.1) is 16.8 Å². The van der Waals surface area contributed by atoms with Crippen LogP contribution in [-0.4, -0.2) is 26.8 Å². The Morgan fingerprint density at radius 1 is 1.14 bits per heavy atom. The summed E-state index contributed by atoms with van der Waals surface area (Å²) in [6.07, 6.45) is 1.73. The molecule has 2 aromatic carbocycles. The fourth-order valence-electron chi connectivity index (χ4n) is 2.16. The Bertz CT molecular complexity index is 868. The monoisotopic (exact) mass is 297 g/mol. The summed E-state index contributed by atoms with van der Waals surface area (Å²) in [4.78, 5) is 26.7. The van der Waals surface area contributed by atoms with Crippen molar-refractivity contribution >= 4 is 22.8 Å². The van der Waals surface area contributed by atoms with E-state index in [2.05, 4.69) is 9.94 Å². The van der Waals surface area contributed by atoms with Gasteiger partial charge in [0, 0.05) is 11.6 Å². The van der Waals surface area contributed by atoms with Crippen LogP contribution in [0.15, 0.2) is 48.7 Å². The van der Waals surface area contributed by atoms with Gasteiger partial charge in [-0.15, -0.1) is 0 Å². The third-order valence-corrected chi connectivity index (χ3v) is 3.24. The van der Waals surface area contributed by atoms with Gasteiger partial charge in [0.2, 0.25) is 0 Å². The number of hydrogen-bond acceptors (Lipinski definition) is 5.